The number of para-hydroxylation sites is 6. The van der Waals surface area contributed by atoms with Crippen LogP contribution in [0, 0.1) is 0 Å². The van der Waals surface area contributed by atoms with Gasteiger partial charge in [0, 0.05) is 44.2 Å². The molecule has 294 valence electrons. The van der Waals surface area contributed by atoms with E-state index in [2.05, 4.69) is 172 Å². The molecule has 63 heavy (non-hydrogen) atoms. The topological polar surface area (TPSA) is 57.3 Å². The second-order valence-corrected chi connectivity index (χ2v) is 16.2. The molecule has 3 aromatic heterocycles. The fraction of sp³-hybridized carbons (Fsp3) is 0. The maximum atomic E-state index is 6.74. The van der Waals surface area contributed by atoms with Crippen LogP contribution in [0.15, 0.2) is 200 Å². The second kappa shape index (κ2) is 12.9. The van der Waals surface area contributed by atoms with Gasteiger partial charge in [-0.05, 0) is 90.0 Å². The zero-order valence-corrected chi connectivity index (χ0v) is 33.6. The first-order valence-corrected chi connectivity index (χ1v) is 21.2. The minimum absolute atomic E-state index is 0.645. The number of rotatable bonds is 4. The highest BCUT2D eigenvalue weighted by molar-refractivity contribution is 6.14. The number of hydrogen-bond donors (Lipinski definition) is 0. The first-order valence-electron chi connectivity index (χ1n) is 21.2. The van der Waals surface area contributed by atoms with Gasteiger partial charge in [-0.1, -0.05) is 115 Å². The lowest BCUT2D eigenvalue weighted by molar-refractivity contribution is 0.446. The van der Waals surface area contributed by atoms with Crippen LogP contribution in [0.4, 0.5) is 17.1 Å². The Balaban J connectivity index is 0.975. The Labute approximate surface area is 360 Å². The van der Waals surface area contributed by atoms with Gasteiger partial charge in [0.1, 0.15) is 5.69 Å². The molecule has 0 N–H and O–H groups in total. The van der Waals surface area contributed by atoms with E-state index < -0.39 is 0 Å². The normalized spacial score (nSPS) is 12.7. The van der Waals surface area contributed by atoms with Crippen molar-refractivity contribution in [3.63, 3.8) is 0 Å². The molecule has 0 unspecified atom stereocenters. The predicted molar refractivity (Wildman–Crippen MR) is 254 cm³/mol. The number of benzene rings is 9. The van der Waals surface area contributed by atoms with Crippen LogP contribution in [0.5, 0.6) is 23.0 Å². The zero-order chi connectivity index (χ0) is 41.2. The molecule has 0 saturated heterocycles. The quantitative estimate of drug-likeness (QED) is 0.177. The van der Waals surface area contributed by atoms with E-state index in [1.54, 1.807) is 0 Å². The highest BCUT2D eigenvalue weighted by Gasteiger charge is 2.35. The van der Waals surface area contributed by atoms with Crippen LogP contribution in [0.3, 0.4) is 0 Å². The number of fused-ring (bicyclic) bond motifs is 11. The molecule has 0 spiro atoms. The summed E-state index contributed by atoms with van der Waals surface area (Å²) in [5.41, 5.74) is 13.4. The minimum Gasteiger partial charge on any atom is -0.453 e. The Morgan fingerprint density at radius 3 is 1.76 bits per heavy atom. The van der Waals surface area contributed by atoms with Gasteiger partial charge >= 0.3 is 0 Å². The van der Waals surface area contributed by atoms with Crippen LogP contribution < -0.4 is 14.4 Å². The Morgan fingerprint density at radius 2 is 0.952 bits per heavy atom. The average Bonchev–Trinajstić information content (AvgIpc) is 3.85. The highest BCUT2D eigenvalue weighted by atomic mass is 16.5. The monoisotopic (exact) mass is 807 g/mol. The number of aromatic nitrogens is 4. The first kappa shape index (κ1) is 34.1. The average molecular weight is 808 g/mol. The molecule has 2 aliphatic rings. The van der Waals surface area contributed by atoms with E-state index in [0.29, 0.717) is 5.95 Å². The van der Waals surface area contributed by atoms with Crippen LogP contribution >= 0.6 is 0 Å². The minimum atomic E-state index is 0.645. The van der Waals surface area contributed by atoms with E-state index in [1.165, 1.54) is 0 Å². The van der Waals surface area contributed by atoms with Crippen molar-refractivity contribution in [2.75, 3.05) is 4.90 Å². The molecule has 0 amide bonds. The second-order valence-electron chi connectivity index (χ2n) is 16.2. The molecule has 0 fully saturated rings. The van der Waals surface area contributed by atoms with Crippen molar-refractivity contribution >= 4 is 71.6 Å². The fourth-order valence-electron chi connectivity index (χ4n) is 9.90. The predicted octanol–water partition coefficient (Wildman–Crippen LogP) is 14.8. The van der Waals surface area contributed by atoms with E-state index in [4.69, 9.17) is 19.4 Å². The lowest BCUT2D eigenvalue weighted by Gasteiger charge is -2.37. The lowest BCUT2D eigenvalue weighted by atomic mass is 10.00. The van der Waals surface area contributed by atoms with Gasteiger partial charge in [0.05, 0.1) is 44.7 Å². The zero-order valence-electron chi connectivity index (χ0n) is 33.6. The van der Waals surface area contributed by atoms with E-state index in [-0.39, 0.29) is 0 Å². The van der Waals surface area contributed by atoms with Crippen molar-refractivity contribution < 1.29 is 9.47 Å². The smallest absolute Gasteiger partial charge is 0.235 e. The lowest BCUT2D eigenvalue weighted by Crippen LogP contribution is -2.20. The van der Waals surface area contributed by atoms with Crippen LogP contribution in [-0.4, -0.2) is 19.1 Å². The van der Waals surface area contributed by atoms with Gasteiger partial charge in [-0.15, -0.1) is 0 Å². The van der Waals surface area contributed by atoms with Gasteiger partial charge in [0.15, 0.2) is 23.0 Å². The molecule has 9 aromatic carbocycles. The van der Waals surface area contributed by atoms with Crippen molar-refractivity contribution in [1.29, 1.82) is 0 Å². The molecule has 14 rings (SSSR count). The Bertz CT molecular complexity index is 3870. The number of ether oxygens (including phenoxy) is 2. The Kier molecular flexibility index (Phi) is 6.98. The molecule has 0 bridgehead atoms. The number of anilines is 3. The summed E-state index contributed by atoms with van der Waals surface area (Å²) < 4.78 is 17.7. The summed E-state index contributed by atoms with van der Waals surface area (Å²) in [6, 6.07) is 70.1. The molecular weight excluding hydrogens is 775 g/mol. The summed E-state index contributed by atoms with van der Waals surface area (Å²) in [7, 11) is 0. The van der Waals surface area contributed by atoms with E-state index in [9.17, 15) is 0 Å². The SMILES string of the molecule is c1ccc(-c2nc(-n3c4ccccc4c4cc(-c5ccc6c(c5)c5cc7c(cc5n6-c5ccccc5)Oc5cccc6c5N7c5ccccc5O6)ccc43)nc3ccccc23)cc1. The third-order valence-corrected chi connectivity index (χ3v) is 12.7. The summed E-state index contributed by atoms with van der Waals surface area (Å²) in [5, 5.41) is 5.58. The molecule has 2 aliphatic heterocycles. The third-order valence-electron chi connectivity index (χ3n) is 12.7. The third kappa shape index (κ3) is 4.96. The Morgan fingerprint density at radius 1 is 0.349 bits per heavy atom. The maximum absolute atomic E-state index is 6.74. The number of hydrogen-bond acceptors (Lipinski definition) is 5. The van der Waals surface area contributed by atoms with Crippen LogP contribution in [0.2, 0.25) is 0 Å². The molecule has 7 nitrogen and oxygen atoms in total. The molecule has 0 atom stereocenters. The van der Waals surface area contributed by atoms with Gasteiger partial charge in [0.25, 0.3) is 0 Å². The van der Waals surface area contributed by atoms with E-state index >= 15 is 0 Å². The summed E-state index contributed by atoms with van der Waals surface area (Å²) in [6.07, 6.45) is 0. The molecule has 0 aliphatic carbocycles. The van der Waals surface area contributed by atoms with Gasteiger partial charge in [-0.25, -0.2) is 9.97 Å². The van der Waals surface area contributed by atoms with Crippen molar-refractivity contribution in [3.05, 3.63) is 200 Å². The molecule has 12 aromatic rings. The molecule has 0 radical (unpaired) electrons. The molecular formula is C56H33N5O2. The van der Waals surface area contributed by atoms with Crippen molar-refractivity contribution in [1.82, 2.24) is 19.1 Å². The Hall–Kier alpha value is -8.68. The molecule has 7 heteroatoms. The van der Waals surface area contributed by atoms with Crippen LogP contribution in [0.1, 0.15) is 0 Å². The highest BCUT2D eigenvalue weighted by Crippen LogP contribution is 2.60. The van der Waals surface area contributed by atoms with Gasteiger partial charge in [-0.3, -0.25) is 9.47 Å². The van der Waals surface area contributed by atoms with E-state index in [1.807, 2.05) is 42.5 Å². The van der Waals surface area contributed by atoms with Crippen molar-refractivity contribution in [3.8, 4) is 57.0 Å². The largest absolute Gasteiger partial charge is 0.453 e. The summed E-state index contributed by atoms with van der Waals surface area (Å²) in [5.74, 6) is 3.78. The van der Waals surface area contributed by atoms with Crippen molar-refractivity contribution in [2.24, 2.45) is 0 Å². The van der Waals surface area contributed by atoms with Crippen LogP contribution in [0.25, 0.3) is 88.5 Å². The van der Waals surface area contributed by atoms with Crippen LogP contribution in [-0.2, 0) is 0 Å². The van der Waals surface area contributed by atoms with E-state index in [0.717, 1.165) is 123 Å². The molecule has 0 saturated carbocycles. The molecule has 5 heterocycles. The summed E-state index contributed by atoms with van der Waals surface area (Å²) in [4.78, 5) is 12.8. The maximum Gasteiger partial charge on any atom is 0.235 e. The summed E-state index contributed by atoms with van der Waals surface area (Å²) in [6.45, 7) is 0. The standard InChI is InChI=1S/C56H33N5O2/c1-3-14-34(15-4-1)54-39-19-7-9-20-43(39)57-56(58-54)61-44-21-10-8-18-38(44)40-30-35(27-29-46(40)61)36-26-28-45-41(31-36)42-32-49-53(33-48(42)59(45)37-16-5-2-6-17-37)63-52-25-13-24-51-55(52)60(49)47-22-11-12-23-50(47)62-51/h1-33H. The first-order chi connectivity index (χ1) is 31.2. The van der Waals surface area contributed by atoms with Gasteiger partial charge < -0.3 is 14.0 Å². The summed E-state index contributed by atoms with van der Waals surface area (Å²) >= 11 is 0. The van der Waals surface area contributed by atoms with Crippen molar-refractivity contribution in [2.45, 2.75) is 0 Å². The van der Waals surface area contributed by atoms with Gasteiger partial charge in [-0.2, -0.15) is 0 Å². The fourth-order valence-corrected chi connectivity index (χ4v) is 9.90. The van der Waals surface area contributed by atoms with Gasteiger partial charge in [0.2, 0.25) is 5.95 Å². The number of nitrogens with zero attached hydrogens (tertiary/aromatic N) is 5.